The summed E-state index contributed by atoms with van der Waals surface area (Å²) in [6.45, 7) is 4.15. The lowest BCUT2D eigenvalue weighted by atomic mass is 10.1. The van der Waals surface area contributed by atoms with Crippen LogP contribution in [0.15, 0.2) is 93.1 Å². The zero-order chi connectivity index (χ0) is 25.5. The first-order valence-electron chi connectivity index (χ1n) is 11.4. The lowest BCUT2D eigenvalue weighted by molar-refractivity contribution is 0.102. The molecule has 1 N–H and O–H groups in total. The third-order valence-corrected chi connectivity index (χ3v) is 8.12. The van der Waals surface area contributed by atoms with Crippen molar-refractivity contribution in [3.8, 4) is 0 Å². The SMILES string of the molecule is CCSc1ccc(Cc2nnc(NC(=O)c3ccc(S(=O)(=O)N(CC)c4ccccc4)cc3)o2)cc1. The molecule has 3 aromatic carbocycles. The van der Waals surface area contributed by atoms with Crippen LogP contribution in [0, 0.1) is 0 Å². The Hall–Kier alpha value is -3.63. The van der Waals surface area contributed by atoms with Crippen molar-refractivity contribution in [2.24, 2.45) is 0 Å². The number of anilines is 2. The molecule has 1 amide bonds. The summed E-state index contributed by atoms with van der Waals surface area (Å²) in [7, 11) is -3.78. The largest absolute Gasteiger partial charge is 0.407 e. The summed E-state index contributed by atoms with van der Waals surface area (Å²) in [5, 5.41) is 10.5. The predicted octanol–water partition coefficient (Wildman–Crippen LogP) is 5.24. The maximum Gasteiger partial charge on any atom is 0.322 e. The van der Waals surface area contributed by atoms with E-state index in [0.29, 0.717) is 18.0 Å². The van der Waals surface area contributed by atoms with Crippen molar-refractivity contribution in [2.75, 3.05) is 21.9 Å². The third-order valence-electron chi connectivity index (χ3n) is 5.31. The minimum absolute atomic E-state index is 0.0221. The standard InChI is InChI=1S/C26H26N4O4S2/c1-3-30(21-8-6-5-7-9-21)36(32,33)23-16-12-20(13-17-23)25(31)27-26-29-28-24(34-26)18-19-10-14-22(15-11-19)35-4-2/h5-17H,3-4,18H2,1-2H3,(H,27,29,31). The number of benzene rings is 3. The van der Waals surface area contributed by atoms with E-state index in [1.807, 2.05) is 30.3 Å². The van der Waals surface area contributed by atoms with Gasteiger partial charge in [-0.2, -0.15) is 0 Å². The number of nitrogens with one attached hydrogen (secondary N) is 1. The molecule has 0 unspecified atom stereocenters. The van der Waals surface area contributed by atoms with Crippen LogP contribution in [0.2, 0.25) is 0 Å². The van der Waals surface area contributed by atoms with Crippen molar-refractivity contribution < 1.29 is 17.6 Å². The first-order valence-corrected chi connectivity index (χ1v) is 13.9. The van der Waals surface area contributed by atoms with Crippen LogP contribution < -0.4 is 9.62 Å². The monoisotopic (exact) mass is 522 g/mol. The molecule has 1 aromatic heterocycles. The lowest BCUT2D eigenvalue weighted by Crippen LogP contribution is -2.30. The first kappa shape index (κ1) is 25.5. The van der Waals surface area contributed by atoms with Crippen molar-refractivity contribution >= 4 is 39.4 Å². The van der Waals surface area contributed by atoms with Crippen LogP contribution in [0.3, 0.4) is 0 Å². The number of aromatic nitrogens is 2. The zero-order valence-corrected chi connectivity index (χ0v) is 21.6. The zero-order valence-electron chi connectivity index (χ0n) is 19.9. The number of sulfonamides is 1. The van der Waals surface area contributed by atoms with Crippen molar-refractivity contribution in [3.63, 3.8) is 0 Å². The van der Waals surface area contributed by atoms with E-state index in [1.165, 1.54) is 33.5 Å². The van der Waals surface area contributed by atoms with Gasteiger partial charge in [0.1, 0.15) is 0 Å². The second kappa shape index (κ2) is 11.4. The van der Waals surface area contributed by atoms with Gasteiger partial charge in [0.2, 0.25) is 5.89 Å². The summed E-state index contributed by atoms with van der Waals surface area (Å²) in [4.78, 5) is 13.9. The number of para-hydroxylation sites is 1. The van der Waals surface area contributed by atoms with Crippen molar-refractivity contribution in [1.82, 2.24) is 10.2 Å². The Morgan fingerprint density at radius 1 is 0.944 bits per heavy atom. The third kappa shape index (κ3) is 5.95. The molecule has 10 heteroatoms. The Balaban J connectivity index is 1.41. The number of rotatable bonds is 10. The Morgan fingerprint density at radius 2 is 1.64 bits per heavy atom. The molecule has 4 aromatic rings. The van der Waals surface area contributed by atoms with Crippen LogP contribution in [0.4, 0.5) is 11.7 Å². The van der Waals surface area contributed by atoms with Crippen LogP contribution >= 0.6 is 11.8 Å². The Labute approximate surface area is 214 Å². The minimum atomic E-state index is -3.78. The van der Waals surface area contributed by atoms with Gasteiger partial charge in [-0.3, -0.25) is 14.4 Å². The molecule has 186 valence electrons. The van der Waals surface area contributed by atoms with Gasteiger partial charge in [-0.1, -0.05) is 42.4 Å². The maximum absolute atomic E-state index is 13.1. The van der Waals surface area contributed by atoms with Gasteiger partial charge in [-0.25, -0.2) is 8.42 Å². The number of carbonyl (C=O) groups is 1. The van der Waals surface area contributed by atoms with Crippen molar-refractivity contribution in [3.05, 3.63) is 95.9 Å². The predicted molar refractivity (Wildman–Crippen MR) is 141 cm³/mol. The average molecular weight is 523 g/mol. The highest BCUT2D eigenvalue weighted by Crippen LogP contribution is 2.24. The smallest absolute Gasteiger partial charge is 0.322 e. The molecule has 0 spiro atoms. The summed E-state index contributed by atoms with van der Waals surface area (Å²) in [6, 6.07) is 22.7. The summed E-state index contributed by atoms with van der Waals surface area (Å²) in [5.41, 5.74) is 1.86. The molecule has 0 aliphatic rings. The molecule has 8 nitrogen and oxygen atoms in total. The lowest BCUT2D eigenvalue weighted by Gasteiger charge is -2.22. The molecular weight excluding hydrogens is 496 g/mol. The van der Waals surface area contributed by atoms with Crippen molar-refractivity contribution in [1.29, 1.82) is 0 Å². The second-order valence-corrected chi connectivity index (χ2v) is 10.9. The van der Waals surface area contributed by atoms with E-state index in [0.717, 1.165) is 11.3 Å². The minimum Gasteiger partial charge on any atom is -0.407 e. The number of nitrogens with zero attached hydrogens (tertiary/aromatic N) is 3. The number of thioether (sulfide) groups is 1. The molecule has 0 radical (unpaired) electrons. The highest BCUT2D eigenvalue weighted by Gasteiger charge is 2.24. The van der Waals surface area contributed by atoms with Crippen molar-refractivity contribution in [2.45, 2.75) is 30.1 Å². The summed E-state index contributed by atoms with van der Waals surface area (Å²) in [6.07, 6.45) is 0.446. The quantitative estimate of drug-likeness (QED) is 0.284. The van der Waals surface area contributed by atoms with E-state index in [9.17, 15) is 13.2 Å². The van der Waals surface area contributed by atoms with Gasteiger partial charge < -0.3 is 4.42 Å². The number of carbonyl (C=O) groups excluding carboxylic acids is 1. The number of hydrogen-bond acceptors (Lipinski definition) is 7. The normalized spacial score (nSPS) is 11.3. The summed E-state index contributed by atoms with van der Waals surface area (Å²) >= 11 is 1.77. The molecule has 4 rings (SSSR count). The summed E-state index contributed by atoms with van der Waals surface area (Å²) < 4.78 is 33.1. The maximum atomic E-state index is 13.1. The van der Waals surface area contributed by atoms with Crippen LogP contribution in [-0.2, 0) is 16.4 Å². The molecule has 0 bridgehead atoms. The van der Waals surface area contributed by atoms with Gasteiger partial charge >= 0.3 is 6.01 Å². The highest BCUT2D eigenvalue weighted by atomic mass is 32.2. The Kier molecular flexibility index (Phi) is 8.07. The fourth-order valence-corrected chi connectivity index (χ4v) is 5.72. The van der Waals surface area contributed by atoms with E-state index in [1.54, 1.807) is 43.0 Å². The number of amides is 1. The first-order chi connectivity index (χ1) is 17.4. The molecule has 36 heavy (non-hydrogen) atoms. The van der Waals surface area contributed by atoms with Crippen LogP contribution in [0.25, 0.3) is 0 Å². The average Bonchev–Trinajstić information content (AvgIpc) is 3.33. The molecule has 0 fully saturated rings. The fraction of sp³-hybridized carbons (Fsp3) is 0.192. The molecule has 0 atom stereocenters. The van der Waals surface area contributed by atoms with Gasteiger partial charge in [0.05, 0.1) is 17.0 Å². The fourth-order valence-electron chi connectivity index (χ4n) is 3.58. The van der Waals surface area contributed by atoms with Gasteiger partial charge in [0.15, 0.2) is 0 Å². The highest BCUT2D eigenvalue weighted by molar-refractivity contribution is 7.99. The molecule has 0 aliphatic carbocycles. The molecule has 0 saturated carbocycles. The van der Waals surface area contributed by atoms with E-state index in [-0.39, 0.29) is 23.0 Å². The van der Waals surface area contributed by atoms with Gasteiger partial charge in [-0.05, 0) is 66.8 Å². The molecule has 1 heterocycles. The van der Waals surface area contributed by atoms with Gasteiger partial charge in [0.25, 0.3) is 15.9 Å². The molecule has 0 aliphatic heterocycles. The van der Waals surface area contributed by atoms with Crippen LogP contribution in [-0.4, -0.2) is 36.8 Å². The van der Waals surface area contributed by atoms with E-state index in [4.69, 9.17) is 4.42 Å². The Morgan fingerprint density at radius 3 is 2.28 bits per heavy atom. The van der Waals surface area contributed by atoms with E-state index < -0.39 is 15.9 Å². The molecule has 0 saturated heterocycles. The van der Waals surface area contributed by atoms with Gasteiger partial charge in [-0.15, -0.1) is 16.9 Å². The van der Waals surface area contributed by atoms with Gasteiger partial charge in [0, 0.05) is 17.0 Å². The van der Waals surface area contributed by atoms with Crippen LogP contribution in [0.5, 0.6) is 0 Å². The number of hydrogen-bond donors (Lipinski definition) is 1. The summed E-state index contributed by atoms with van der Waals surface area (Å²) in [5.74, 6) is 0.906. The van der Waals surface area contributed by atoms with E-state index >= 15 is 0 Å². The molecular formula is C26H26N4O4S2. The van der Waals surface area contributed by atoms with Crippen LogP contribution in [0.1, 0.15) is 35.7 Å². The Bertz CT molecular complexity index is 1400. The second-order valence-electron chi connectivity index (χ2n) is 7.74. The van der Waals surface area contributed by atoms with E-state index in [2.05, 4.69) is 22.4 Å². The topological polar surface area (TPSA) is 105 Å².